The van der Waals surface area contributed by atoms with Crippen molar-refractivity contribution in [1.29, 1.82) is 0 Å². The first-order chi connectivity index (χ1) is 7.12. The number of carbonyl (C=O) groups excluding carboxylic acids is 1. The van der Waals surface area contributed by atoms with Crippen molar-refractivity contribution in [2.45, 2.75) is 63.8 Å². The van der Waals surface area contributed by atoms with Gasteiger partial charge in [-0.15, -0.1) is 0 Å². The van der Waals surface area contributed by atoms with Gasteiger partial charge in [0.1, 0.15) is 0 Å². The van der Waals surface area contributed by atoms with Crippen molar-refractivity contribution < 1.29 is 4.79 Å². The van der Waals surface area contributed by atoms with Crippen LogP contribution >= 0.6 is 0 Å². The number of Topliss-reactive ketones (excluding diaryl/α,β-unsaturated/α-hetero) is 1. The van der Waals surface area contributed by atoms with Gasteiger partial charge in [0, 0.05) is 5.92 Å². The molecule has 0 aromatic carbocycles. The van der Waals surface area contributed by atoms with Crippen LogP contribution in [-0.4, -0.2) is 11.3 Å². The summed E-state index contributed by atoms with van der Waals surface area (Å²) in [7, 11) is 0. The summed E-state index contributed by atoms with van der Waals surface area (Å²) in [6.07, 6.45) is 8.82. The Hall–Kier alpha value is -0.370. The molecule has 2 nitrogen and oxygen atoms in total. The number of rotatable bonds is 2. The van der Waals surface area contributed by atoms with Gasteiger partial charge in [0.25, 0.3) is 0 Å². The summed E-state index contributed by atoms with van der Waals surface area (Å²) in [6, 6.07) is 0. The van der Waals surface area contributed by atoms with Crippen LogP contribution in [0.25, 0.3) is 0 Å². The van der Waals surface area contributed by atoms with E-state index in [1.807, 2.05) is 0 Å². The van der Waals surface area contributed by atoms with E-state index in [2.05, 4.69) is 6.92 Å². The van der Waals surface area contributed by atoms with E-state index in [9.17, 15) is 4.79 Å². The highest BCUT2D eigenvalue weighted by Gasteiger charge is 2.41. The molecule has 0 aliphatic heterocycles. The van der Waals surface area contributed by atoms with Crippen LogP contribution in [-0.2, 0) is 4.79 Å². The van der Waals surface area contributed by atoms with Crippen LogP contribution in [0.1, 0.15) is 58.3 Å². The smallest absolute Gasteiger partial charge is 0.155 e. The Kier molecular flexibility index (Phi) is 3.15. The Morgan fingerprint density at radius 2 is 1.87 bits per heavy atom. The molecule has 2 aliphatic rings. The van der Waals surface area contributed by atoms with E-state index < -0.39 is 5.54 Å². The van der Waals surface area contributed by atoms with Crippen LogP contribution in [0, 0.1) is 11.8 Å². The number of carbonyl (C=O) groups is 1. The summed E-state index contributed by atoms with van der Waals surface area (Å²) >= 11 is 0. The van der Waals surface area contributed by atoms with E-state index in [0.717, 1.165) is 44.4 Å². The lowest BCUT2D eigenvalue weighted by Crippen LogP contribution is -2.49. The molecule has 2 heteroatoms. The number of hydrogen-bond acceptors (Lipinski definition) is 2. The van der Waals surface area contributed by atoms with E-state index in [1.54, 1.807) is 0 Å². The average molecular weight is 209 g/mol. The monoisotopic (exact) mass is 209 g/mol. The van der Waals surface area contributed by atoms with Crippen LogP contribution in [0.2, 0.25) is 0 Å². The molecule has 0 amide bonds. The van der Waals surface area contributed by atoms with E-state index in [0.29, 0.717) is 5.78 Å². The van der Waals surface area contributed by atoms with Gasteiger partial charge in [-0.1, -0.05) is 32.6 Å². The molecular formula is C13H23NO. The van der Waals surface area contributed by atoms with Gasteiger partial charge in [-0.05, 0) is 31.6 Å². The van der Waals surface area contributed by atoms with Crippen molar-refractivity contribution in [1.82, 2.24) is 0 Å². The fourth-order valence-electron chi connectivity index (χ4n) is 3.33. The van der Waals surface area contributed by atoms with Crippen LogP contribution in [0.5, 0.6) is 0 Å². The van der Waals surface area contributed by atoms with Crippen LogP contribution in [0.4, 0.5) is 0 Å². The van der Waals surface area contributed by atoms with Crippen molar-refractivity contribution >= 4 is 5.78 Å². The Morgan fingerprint density at radius 3 is 2.47 bits per heavy atom. The fourth-order valence-corrected chi connectivity index (χ4v) is 3.33. The second kappa shape index (κ2) is 4.25. The molecule has 2 fully saturated rings. The van der Waals surface area contributed by atoms with Crippen molar-refractivity contribution in [3.05, 3.63) is 0 Å². The molecular weight excluding hydrogens is 186 g/mol. The first kappa shape index (κ1) is 11.1. The Balaban J connectivity index is 2.00. The third-order valence-electron chi connectivity index (χ3n) is 4.29. The van der Waals surface area contributed by atoms with Gasteiger partial charge in [-0.3, -0.25) is 4.79 Å². The Morgan fingerprint density at radius 1 is 1.20 bits per heavy atom. The Labute approximate surface area is 92.6 Å². The largest absolute Gasteiger partial charge is 0.319 e. The van der Waals surface area contributed by atoms with E-state index in [1.165, 1.54) is 12.8 Å². The average Bonchev–Trinajstić information content (AvgIpc) is 2.65. The zero-order chi connectivity index (χ0) is 10.9. The molecule has 0 bridgehead atoms. The fraction of sp³-hybridized carbons (Fsp3) is 0.923. The maximum atomic E-state index is 12.3. The molecule has 2 saturated carbocycles. The predicted molar refractivity (Wildman–Crippen MR) is 61.5 cm³/mol. The molecule has 0 spiro atoms. The summed E-state index contributed by atoms with van der Waals surface area (Å²) in [5.74, 6) is 1.38. The summed E-state index contributed by atoms with van der Waals surface area (Å²) in [5.41, 5.74) is 5.79. The Bertz CT molecular complexity index is 243. The van der Waals surface area contributed by atoms with E-state index in [4.69, 9.17) is 5.73 Å². The first-order valence-corrected chi connectivity index (χ1v) is 6.45. The molecule has 86 valence electrons. The minimum absolute atomic E-state index is 0.275. The van der Waals surface area contributed by atoms with Gasteiger partial charge < -0.3 is 5.73 Å². The van der Waals surface area contributed by atoms with E-state index in [-0.39, 0.29) is 5.92 Å². The maximum Gasteiger partial charge on any atom is 0.155 e. The molecule has 0 saturated heterocycles. The van der Waals surface area contributed by atoms with Gasteiger partial charge in [-0.2, -0.15) is 0 Å². The van der Waals surface area contributed by atoms with Gasteiger partial charge in [-0.25, -0.2) is 0 Å². The lowest BCUT2D eigenvalue weighted by atomic mass is 9.74. The second-order valence-corrected chi connectivity index (χ2v) is 5.70. The zero-order valence-electron chi connectivity index (χ0n) is 9.80. The molecule has 0 aromatic heterocycles. The number of hydrogen-bond donors (Lipinski definition) is 1. The quantitative estimate of drug-likeness (QED) is 0.759. The molecule has 15 heavy (non-hydrogen) atoms. The molecule has 2 N–H and O–H groups in total. The van der Waals surface area contributed by atoms with Crippen molar-refractivity contribution in [2.75, 3.05) is 0 Å². The summed E-state index contributed by atoms with van der Waals surface area (Å²) in [5, 5.41) is 0. The standard InChI is InChI=1S/C13H23NO/c1-10-5-4-6-11(9-10)12(15)13(14)7-2-3-8-13/h10-11H,2-9,14H2,1H3. The highest BCUT2D eigenvalue weighted by Crippen LogP contribution is 2.36. The topological polar surface area (TPSA) is 43.1 Å². The van der Waals surface area contributed by atoms with E-state index >= 15 is 0 Å². The molecule has 0 aromatic rings. The summed E-state index contributed by atoms with van der Waals surface area (Å²) in [4.78, 5) is 12.3. The predicted octanol–water partition coefficient (Wildman–Crippen LogP) is 2.65. The van der Waals surface area contributed by atoms with Gasteiger partial charge in [0.2, 0.25) is 0 Å². The zero-order valence-corrected chi connectivity index (χ0v) is 9.80. The number of ketones is 1. The SMILES string of the molecule is CC1CCCC(C(=O)C2(N)CCCC2)C1. The normalized spacial score (nSPS) is 35.3. The van der Waals surface area contributed by atoms with Crippen molar-refractivity contribution in [3.8, 4) is 0 Å². The molecule has 0 radical (unpaired) electrons. The van der Waals surface area contributed by atoms with Crippen molar-refractivity contribution in [3.63, 3.8) is 0 Å². The van der Waals surface area contributed by atoms with Crippen LogP contribution in [0.3, 0.4) is 0 Å². The lowest BCUT2D eigenvalue weighted by Gasteiger charge is -2.32. The van der Waals surface area contributed by atoms with Gasteiger partial charge >= 0.3 is 0 Å². The minimum Gasteiger partial charge on any atom is -0.319 e. The van der Waals surface area contributed by atoms with Crippen LogP contribution in [0.15, 0.2) is 0 Å². The highest BCUT2D eigenvalue weighted by molar-refractivity contribution is 5.90. The minimum atomic E-state index is -0.443. The molecule has 2 unspecified atom stereocenters. The third kappa shape index (κ3) is 2.25. The van der Waals surface area contributed by atoms with Crippen LogP contribution < -0.4 is 5.73 Å². The molecule has 0 heterocycles. The molecule has 2 aliphatic carbocycles. The van der Waals surface area contributed by atoms with Gasteiger partial charge in [0.05, 0.1) is 5.54 Å². The summed E-state index contributed by atoms with van der Waals surface area (Å²) in [6.45, 7) is 2.26. The third-order valence-corrected chi connectivity index (χ3v) is 4.29. The highest BCUT2D eigenvalue weighted by atomic mass is 16.1. The lowest BCUT2D eigenvalue weighted by molar-refractivity contribution is -0.129. The second-order valence-electron chi connectivity index (χ2n) is 5.70. The molecule has 2 rings (SSSR count). The first-order valence-electron chi connectivity index (χ1n) is 6.45. The molecule has 2 atom stereocenters. The maximum absolute atomic E-state index is 12.3. The van der Waals surface area contributed by atoms with Gasteiger partial charge in [0.15, 0.2) is 5.78 Å². The van der Waals surface area contributed by atoms with Crippen molar-refractivity contribution in [2.24, 2.45) is 17.6 Å². The summed E-state index contributed by atoms with van der Waals surface area (Å²) < 4.78 is 0. The number of nitrogens with two attached hydrogens (primary N) is 1.